The summed E-state index contributed by atoms with van der Waals surface area (Å²) in [5, 5.41) is 0. The SMILES string of the molecule is CCC(=O)OCC(CCC(C)C)(C1CCCC1)C(C)OC. The minimum absolute atomic E-state index is 0.0135. The fraction of sp³-hybridized carbons (Fsp3) is 0.944. The molecule has 0 saturated heterocycles. The molecule has 0 aromatic heterocycles. The summed E-state index contributed by atoms with van der Waals surface area (Å²) < 4.78 is 11.3. The fourth-order valence-electron chi connectivity index (χ4n) is 3.66. The van der Waals surface area contributed by atoms with E-state index in [0.717, 1.165) is 12.8 Å². The van der Waals surface area contributed by atoms with E-state index in [-0.39, 0.29) is 17.5 Å². The molecule has 3 heteroatoms. The van der Waals surface area contributed by atoms with Crippen LogP contribution < -0.4 is 0 Å². The summed E-state index contributed by atoms with van der Waals surface area (Å²) in [7, 11) is 1.78. The van der Waals surface area contributed by atoms with Gasteiger partial charge in [-0.15, -0.1) is 0 Å². The topological polar surface area (TPSA) is 35.5 Å². The van der Waals surface area contributed by atoms with Crippen LogP contribution in [0.25, 0.3) is 0 Å². The second-order valence-electron chi connectivity index (χ2n) is 7.04. The van der Waals surface area contributed by atoms with Gasteiger partial charge in [0, 0.05) is 18.9 Å². The summed E-state index contributed by atoms with van der Waals surface area (Å²) in [6.45, 7) is 9.04. The number of carbonyl (C=O) groups excluding carboxylic acids is 1. The van der Waals surface area contributed by atoms with Gasteiger partial charge in [0.15, 0.2) is 0 Å². The van der Waals surface area contributed by atoms with Crippen molar-refractivity contribution >= 4 is 5.97 Å². The minimum Gasteiger partial charge on any atom is -0.465 e. The van der Waals surface area contributed by atoms with Crippen molar-refractivity contribution in [1.29, 1.82) is 0 Å². The van der Waals surface area contributed by atoms with Crippen LogP contribution in [0.3, 0.4) is 0 Å². The lowest BCUT2D eigenvalue weighted by Gasteiger charge is -2.43. The standard InChI is InChI=1S/C18H34O3/c1-6-17(19)21-13-18(15(4)20-5,12-11-14(2)3)16-9-7-8-10-16/h14-16H,6-13H2,1-5H3. The molecule has 0 aromatic rings. The van der Waals surface area contributed by atoms with Crippen molar-refractivity contribution in [2.45, 2.75) is 78.7 Å². The molecule has 2 unspecified atom stereocenters. The van der Waals surface area contributed by atoms with Gasteiger partial charge in [-0.2, -0.15) is 0 Å². The highest BCUT2D eigenvalue weighted by atomic mass is 16.5. The van der Waals surface area contributed by atoms with Gasteiger partial charge in [-0.1, -0.05) is 40.0 Å². The molecule has 0 aromatic carbocycles. The number of rotatable bonds is 9. The van der Waals surface area contributed by atoms with E-state index < -0.39 is 0 Å². The maximum atomic E-state index is 11.7. The van der Waals surface area contributed by atoms with Crippen LogP contribution in [0.4, 0.5) is 0 Å². The van der Waals surface area contributed by atoms with Gasteiger partial charge in [0.2, 0.25) is 0 Å². The Bertz CT molecular complexity index is 308. The maximum absolute atomic E-state index is 11.7. The smallest absolute Gasteiger partial charge is 0.305 e. The van der Waals surface area contributed by atoms with E-state index >= 15 is 0 Å². The molecule has 3 nitrogen and oxygen atoms in total. The minimum atomic E-state index is -0.0924. The Morgan fingerprint density at radius 3 is 2.33 bits per heavy atom. The molecule has 0 bridgehead atoms. The summed E-state index contributed by atoms with van der Waals surface area (Å²) in [6, 6.07) is 0. The van der Waals surface area contributed by atoms with Crippen LogP contribution in [0.1, 0.15) is 72.6 Å². The second kappa shape index (κ2) is 8.77. The third-order valence-electron chi connectivity index (χ3n) is 5.31. The summed E-state index contributed by atoms with van der Waals surface area (Å²) in [5.74, 6) is 1.19. The third kappa shape index (κ3) is 4.98. The Hall–Kier alpha value is -0.570. The Morgan fingerprint density at radius 1 is 1.24 bits per heavy atom. The Kier molecular flexibility index (Phi) is 7.72. The van der Waals surface area contributed by atoms with E-state index in [1.54, 1.807) is 7.11 Å². The van der Waals surface area contributed by atoms with Gasteiger partial charge >= 0.3 is 5.97 Å². The van der Waals surface area contributed by atoms with Crippen molar-refractivity contribution < 1.29 is 14.3 Å². The average Bonchev–Trinajstić information content (AvgIpc) is 3.01. The molecule has 1 rings (SSSR count). The molecule has 1 aliphatic carbocycles. The lowest BCUT2D eigenvalue weighted by Crippen LogP contribution is -2.45. The zero-order chi connectivity index (χ0) is 15.9. The molecule has 0 radical (unpaired) electrons. The lowest BCUT2D eigenvalue weighted by atomic mass is 9.67. The van der Waals surface area contributed by atoms with Crippen molar-refractivity contribution in [1.82, 2.24) is 0 Å². The predicted octanol–water partition coefficient (Wildman–Crippen LogP) is 4.59. The van der Waals surface area contributed by atoms with E-state index in [1.807, 2.05) is 6.92 Å². The van der Waals surface area contributed by atoms with Crippen molar-refractivity contribution in [3.63, 3.8) is 0 Å². The zero-order valence-electron chi connectivity index (χ0n) is 14.6. The highest BCUT2D eigenvalue weighted by Crippen LogP contribution is 2.47. The first-order valence-electron chi connectivity index (χ1n) is 8.64. The zero-order valence-corrected chi connectivity index (χ0v) is 14.6. The number of esters is 1. The van der Waals surface area contributed by atoms with E-state index in [9.17, 15) is 4.79 Å². The second-order valence-corrected chi connectivity index (χ2v) is 7.04. The lowest BCUT2D eigenvalue weighted by molar-refractivity contribution is -0.155. The normalized spacial score (nSPS) is 20.5. The van der Waals surface area contributed by atoms with Gasteiger partial charge in [-0.05, 0) is 38.0 Å². The quantitative estimate of drug-likeness (QED) is 0.584. The summed E-state index contributed by atoms with van der Waals surface area (Å²) >= 11 is 0. The summed E-state index contributed by atoms with van der Waals surface area (Å²) in [5.41, 5.74) is -0.0135. The van der Waals surface area contributed by atoms with E-state index in [2.05, 4.69) is 20.8 Å². The molecule has 124 valence electrons. The Morgan fingerprint density at radius 2 is 1.86 bits per heavy atom. The van der Waals surface area contributed by atoms with Crippen LogP contribution in [0, 0.1) is 17.3 Å². The fourth-order valence-corrected chi connectivity index (χ4v) is 3.66. The van der Waals surface area contributed by atoms with Gasteiger partial charge in [0.25, 0.3) is 0 Å². The maximum Gasteiger partial charge on any atom is 0.305 e. The first-order valence-corrected chi connectivity index (χ1v) is 8.64. The molecule has 1 aliphatic rings. The molecule has 0 heterocycles. The van der Waals surface area contributed by atoms with Crippen LogP contribution in [0.15, 0.2) is 0 Å². The van der Waals surface area contributed by atoms with E-state index in [1.165, 1.54) is 25.7 Å². The van der Waals surface area contributed by atoms with E-state index in [0.29, 0.717) is 24.9 Å². The van der Waals surface area contributed by atoms with Gasteiger partial charge in [0.1, 0.15) is 0 Å². The Balaban J connectivity index is 2.91. The summed E-state index contributed by atoms with van der Waals surface area (Å²) in [6.07, 6.45) is 7.91. The number of methoxy groups -OCH3 is 1. The number of hydrogen-bond donors (Lipinski definition) is 0. The van der Waals surface area contributed by atoms with E-state index in [4.69, 9.17) is 9.47 Å². The van der Waals surface area contributed by atoms with Gasteiger partial charge in [-0.25, -0.2) is 0 Å². The summed E-state index contributed by atoms with van der Waals surface area (Å²) in [4.78, 5) is 11.7. The highest BCUT2D eigenvalue weighted by Gasteiger charge is 2.45. The molecular weight excluding hydrogens is 264 g/mol. The van der Waals surface area contributed by atoms with Gasteiger partial charge in [0.05, 0.1) is 12.7 Å². The molecular formula is C18H34O3. The molecule has 0 N–H and O–H groups in total. The predicted molar refractivity (Wildman–Crippen MR) is 86.2 cm³/mol. The van der Waals surface area contributed by atoms with Crippen molar-refractivity contribution in [3.8, 4) is 0 Å². The largest absolute Gasteiger partial charge is 0.465 e. The van der Waals surface area contributed by atoms with Gasteiger partial charge in [-0.3, -0.25) is 4.79 Å². The van der Waals surface area contributed by atoms with Crippen molar-refractivity contribution in [2.24, 2.45) is 17.3 Å². The van der Waals surface area contributed by atoms with Crippen LogP contribution in [0.2, 0.25) is 0 Å². The third-order valence-corrected chi connectivity index (χ3v) is 5.31. The molecule has 1 fully saturated rings. The molecule has 2 atom stereocenters. The number of carbonyl (C=O) groups is 1. The van der Waals surface area contributed by atoms with Crippen LogP contribution in [-0.2, 0) is 14.3 Å². The molecule has 0 aliphatic heterocycles. The van der Waals surface area contributed by atoms with Crippen LogP contribution >= 0.6 is 0 Å². The molecule has 0 amide bonds. The van der Waals surface area contributed by atoms with Crippen molar-refractivity contribution in [2.75, 3.05) is 13.7 Å². The highest BCUT2D eigenvalue weighted by molar-refractivity contribution is 5.68. The first-order chi connectivity index (χ1) is 9.96. The average molecular weight is 298 g/mol. The molecule has 21 heavy (non-hydrogen) atoms. The van der Waals surface area contributed by atoms with Gasteiger partial charge < -0.3 is 9.47 Å². The molecule has 0 spiro atoms. The first kappa shape index (κ1) is 18.5. The number of hydrogen-bond acceptors (Lipinski definition) is 3. The molecule has 1 saturated carbocycles. The van der Waals surface area contributed by atoms with Crippen LogP contribution in [-0.4, -0.2) is 25.8 Å². The van der Waals surface area contributed by atoms with Crippen LogP contribution in [0.5, 0.6) is 0 Å². The van der Waals surface area contributed by atoms with Crippen molar-refractivity contribution in [3.05, 3.63) is 0 Å². The Labute approximate surface area is 130 Å². The number of ether oxygens (including phenoxy) is 2. The monoisotopic (exact) mass is 298 g/mol.